The molecule has 2 aromatic heterocycles. The summed E-state index contributed by atoms with van der Waals surface area (Å²) in [7, 11) is 0. The van der Waals surface area contributed by atoms with Crippen LogP contribution in [0, 0.1) is 13.8 Å². The SMILES string of the molecule is Cc1cc2nc(-c3cnc(N)[nH]3)c(=O)n(C[C@H](O)[C@H](O)[C@H](O)CO)c2cc1C. The molecule has 0 fully saturated rings. The normalized spacial score (nSPS) is 14.9. The monoisotopic (exact) mass is 389 g/mol. The van der Waals surface area contributed by atoms with Crippen LogP contribution in [-0.2, 0) is 6.54 Å². The van der Waals surface area contributed by atoms with Crippen molar-refractivity contribution < 1.29 is 20.4 Å². The van der Waals surface area contributed by atoms with Crippen molar-refractivity contribution in [1.82, 2.24) is 19.5 Å². The molecule has 3 rings (SSSR count). The summed E-state index contributed by atoms with van der Waals surface area (Å²) in [4.78, 5) is 24.2. The van der Waals surface area contributed by atoms with E-state index >= 15 is 0 Å². The molecule has 0 bridgehead atoms. The number of fused-ring (bicyclic) bond motifs is 1. The van der Waals surface area contributed by atoms with Gasteiger partial charge in [-0.15, -0.1) is 0 Å². The van der Waals surface area contributed by atoms with Gasteiger partial charge in [-0.1, -0.05) is 0 Å². The van der Waals surface area contributed by atoms with Crippen LogP contribution in [0.25, 0.3) is 22.4 Å². The number of hydrogen-bond acceptors (Lipinski definition) is 8. The van der Waals surface area contributed by atoms with Crippen LogP contribution >= 0.6 is 0 Å². The maximum atomic E-state index is 13.1. The fourth-order valence-corrected chi connectivity index (χ4v) is 2.97. The van der Waals surface area contributed by atoms with Crippen LogP contribution in [0.2, 0.25) is 0 Å². The molecule has 0 aliphatic rings. The van der Waals surface area contributed by atoms with Gasteiger partial charge in [0.2, 0.25) is 0 Å². The number of aryl methyl sites for hydroxylation is 2. The first-order valence-corrected chi connectivity index (χ1v) is 8.70. The first-order chi connectivity index (χ1) is 13.2. The Morgan fingerprint density at radius 1 is 1.18 bits per heavy atom. The predicted octanol–water partition coefficient (Wildman–Crippen LogP) is -0.939. The second-order valence-electron chi connectivity index (χ2n) is 6.79. The number of nitrogens with one attached hydrogen (secondary N) is 1. The minimum absolute atomic E-state index is 0.0596. The zero-order valence-electron chi connectivity index (χ0n) is 15.5. The zero-order chi connectivity index (χ0) is 20.6. The van der Waals surface area contributed by atoms with Crippen molar-refractivity contribution >= 4 is 17.0 Å². The first-order valence-electron chi connectivity index (χ1n) is 8.70. The van der Waals surface area contributed by atoms with E-state index in [2.05, 4.69) is 15.0 Å². The molecule has 0 unspecified atom stereocenters. The number of nitrogens with zero attached hydrogens (tertiary/aromatic N) is 3. The number of anilines is 1. The minimum atomic E-state index is -1.63. The number of aromatic nitrogens is 4. The zero-order valence-corrected chi connectivity index (χ0v) is 15.5. The maximum absolute atomic E-state index is 13.1. The van der Waals surface area contributed by atoms with Crippen molar-refractivity contribution in [3.05, 3.63) is 39.8 Å². The fraction of sp³-hybridized carbons (Fsp3) is 0.389. The first kappa shape index (κ1) is 20.0. The van der Waals surface area contributed by atoms with E-state index in [1.807, 2.05) is 19.9 Å². The number of nitrogens with two attached hydrogens (primary N) is 1. The van der Waals surface area contributed by atoms with Gasteiger partial charge in [0.1, 0.15) is 18.3 Å². The van der Waals surface area contributed by atoms with Crippen LogP contribution in [0.3, 0.4) is 0 Å². The highest BCUT2D eigenvalue weighted by Crippen LogP contribution is 2.21. The molecule has 0 amide bonds. The summed E-state index contributed by atoms with van der Waals surface area (Å²) in [6.07, 6.45) is -3.27. The van der Waals surface area contributed by atoms with Crippen molar-refractivity contribution in [2.24, 2.45) is 0 Å². The van der Waals surface area contributed by atoms with Crippen LogP contribution in [0.15, 0.2) is 23.1 Å². The van der Waals surface area contributed by atoms with E-state index in [1.165, 1.54) is 10.8 Å². The van der Waals surface area contributed by atoms with E-state index in [0.717, 1.165) is 11.1 Å². The highest BCUT2D eigenvalue weighted by Gasteiger charge is 2.26. The van der Waals surface area contributed by atoms with Crippen molar-refractivity contribution in [1.29, 1.82) is 0 Å². The lowest BCUT2D eigenvalue weighted by atomic mass is 10.1. The van der Waals surface area contributed by atoms with E-state index in [0.29, 0.717) is 16.7 Å². The summed E-state index contributed by atoms with van der Waals surface area (Å²) in [5.74, 6) is 0.129. The molecule has 0 aliphatic heterocycles. The van der Waals surface area contributed by atoms with Gasteiger partial charge in [0, 0.05) is 0 Å². The number of aliphatic hydroxyl groups excluding tert-OH is 4. The third kappa shape index (κ3) is 3.62. The third-order valence-corrected chi connectivity index (χ3v) is 4.76. The van der Waals surface area contributed by atoms with Crippen LogP contribution < -0.4 is 11.3 Å². The molecule has 0 spiro atoms. The Labute approximate surface area is 159 Å². The lowest BCUT2D eigenvalue weighted by molar-refractivity contribution is -0.0805. The smallest absolute Gasteiger partial charge is 0.279 e. The molecular weight excluding hydrogens is 366 g/mol. The molecule has 2 heterocycles. The molecule has 0 saturated heterocycles. The summed E-state index contributed by atoms with van der Waals surface area (Å²) in [6, 6.07) is 3.58. The van der Waals surface area contributed by atoms with E-state index in [1.54, 1.807) is 6.07 Å². The predicted molar refractivity (Wildman–Crippen MR) is 103 cm³/mol. The Hall–Kier alpha value is -2.79. The average Bonchev–Trinajstić information content (AvgIpc) is 3.10. The van der Waals surface area contributed by atoms with Crippen molar-refractivity contribution in [2.45, 2.75) is 38.7 Å². The molecular formula is C18H23N5O5. The topological polar surface area (TPSA) is 171 Å². The number of aromatic amines is 1. The summed E-state index contributed by atoms with van der Waals surface area (Å²) in [5.41, 5.74) is 8.33. The Morgan fingerprint density at radius 2 is 1.86 bits per heavy atom. The summed E-state index contributed by atoms with van der Waals surface area (Å²) < 4.78 is 1.28. The lowest BCUT2D eigenvalue weighted by Gasteiger charge is -2.23. The van der Waals surface area contributed by atoms with Crippen LogP contribution in [0.4, 0.5) is 5.95 Å². The van der Waals surface area contributed by atoms with Crippen LogP contribution in [0.1, 0.15) is 11.1 Å². The molecule has 3 atom stereocenters. The molecule has 3 aromatic rings. The van der Waals surface area contributed by atoms with E-state index in [9.17, 15) is 20.1 Å². The third-order valence-electron chi connectivity index (χ3n) is 4.76. The van der Waals surface area contributed by atoms with Gasteiger partial charge in [-0.05, 0) is 37.1 Å². The molecule has 0 radical (unpaired) electrons. The number of imidazole rings is 1. The number of nitrogen functional groups attached to an aromatic ring is 1. The molecule has 10 heteroatoms. The van der Waals surface area contributed by atoms with Gasteiger partial charge in [-0.2, -0.15) is 0 Å². The van der Waals surface area contributed by atoms with Gasteiger partial charge >= 0.3 is 0 Å². The lowest BCUT2D eigenvalue weighted by Crippen LogP contribution is -2.43. The van der Waals surface area contributed by atoms with Crippen LogP contribution in [-0.4, -0.2) is 64.9 Å². The van der Waals surface area contributed by atoms with Crippen LogP contribution in [0.5, 0.6) is 0 Å². The molecule has 10 nitrogen and oxygen atoms in total. The molecule has 150 valence electrons. The average molecular weight is 389 g/mol. The van der Waals surface area contributed by atoms with Gasteiger partial charge < -0.3 is 35.7 Å². The van der Waals surface area contributed by atoms with Gasteiger partial charge in [-0.25, -0.2) is 9.97 Å². The summed E-state index contributed by atoms with van der Waals surface area (Å²) >= 11 is 0. The van der Waals surface area contributed by atoms with Crippen molar-refractivity contribution in [2.75, 3.05) is 12.3 Å². The van der Waals surface area contributed by atoms with Gasteiger partial charge in [-0.3, -0.25) is 4.79 Å². The molecule has 0 aliphatic carbocycles. The van der Waals surface area contributed by atoms with E-state index < -0.39 is 30.5 Å². The second-order valence-corrected chi connectivity index (χ2v) is 6.79. The van der Waals surface area contributed by atoms with Gasteiger partial charge in [0.25, 0.3) is 5.56 Å². The van der Waals surface area contributed by atoms with E-state index in [-0.39, 0.29) is 18.2 Å². The largest absolute Gasteiger partial charge is 0.394 e. The Bertz CT molecular complexity index is 1060. The molecule has 0 saturated carbocycles. The molecule has 28 heavy (non-hydrogen) atoms. The highest BCUT2D eigenvalue weighted by atomic mass is 16.4. The number of hydrogen-bond donors (Lipinski definition) is 6. The molecule has 1 aromatic carbocycles. The summed E-state index contributed by atoms with van der Waals surface area (Å²) in [6.45, 7) is 2.76. The standard InChI is InChI=1S/C18H23N5O5/c1-8-3-10-12(4-9(8)2)23(6-13(25)16(27)14(26)7-24)17(28)15(21-10)11-5-20-18(19)22-11/h3-5,13-14,16,24-27H,6-7H2,1-2H3,(H3,19,20,22)/t13-,14+,16-/m0/s1. The van der Waals surface area contributed by atoms with E-state index in [4.69, 9.17) is 10.8 Å². The fourth-order valence-electron chi connectivity index (χ4n) is 2.97. The minimum Gasteiger partial charge on any atom is -0.394 e. The number of H-pyrrole nitrogens is 1. The Kier molecular flexibility index (Phi) is 5.47. The maximum Gasteiger partial charge on any atom is 0.279 e. The Morgan fingerprint density at radius 3 is 2.46 bits per heavy atom. The van der Waals surface area contributed by atoms with Gasteiger partial charge in [0.15, 0.2) is 11.6 Å². The quantitative estimate of drug-likeness (QED) is 0.314. The van der Waals surface area contributed by atoms with Crippen molar-refractivity contribution in [3.8, 4) is 11.4 Å². The molecule has 7 N–H and O–H groups in total. The number of rotatable bonds is 6. The Balaban J connectivity index is 2.19. The number of benzene rings is 1. The summed E-state index contributed by atoms with van der Waals surface area (Å²) in [5, 5.41) is 38.9. The van der Waals surface area contributed by atoms with Gasteiger partial charge in [0.05, 0.1) is 36.1 Å². The second kappa shape index (κ2) is 7.68. The van der Waals surface area contributed by atoms with Crippen molar-refractivity contribution in [3.63, 3.8) is 0 Å². The highest BCUT2D eigenvalue weighted by molar-refractivity contribution is 5.79. The number of aliphatic hydroxyl groups is 4.